The number of ether oxygens (including phenoxy) is 1. The maximum atomic E-state index is 11.5. The lowest BCUT2D eigenvalue weighted by molar-refractivity contribution is 0.0600. The minimum Gasteiger partial charge on any atom is -0.465 e. The van der Waals surface area contributed by atoms with Gasteiger partial charge >= 0.3 is 5.97 Å². The summed E-state index contributed by atoms with van der Waals surface area (Å²) in [6.07, 6.45) is 2.29. The number of nitrogen functional groups attached to an aromatic ring is 1. The predicted octanol–water partition coefficient (Wildman–Crippen LogP) is 1.93. The lowest BCUT2D eigenvalue weighted by Crippen LogP contribution is -2.08. The van der Waals surface area contributed by atoms with Gasteiger partial charge < -0.3 is 10.5 Å². The Morgan fingerprint density at radius 1 is 1.50 bits per heavy atom. The van der Waals surface area contributed by atoms with E-state index in [0.717, 1.165) is 18.4 Å². The highest BCUT2D eigenvalue weighted by molar-refractivity contribution is 5.97. The molecule has 0 aromatic heterocycles. The molecule has 1 aromatic carbocycles. The Kier molecular flexibility index (Phi) is 2.15. The Hall–Kier alpha value is -1.51. The summed E-state index contributed by atoms with van der Waals surface area (Å²) in [7, 11) is 1.38. The first-order chi connectivity index (χ1) is 6.74. The van der Waals surface area contributed by atoms with Crippen LogP contribution >= 0.6 is 0 Å². The molecule has 0 heterocycles. The number of benzene rings is 1. The van der Waals surface area contributed by atoms with Crippen LogP contribution in [0.4, 0.5) is 5.69 Å². The largest absolute Gasteiger partial charge is 0.465 e. The molecule has 0 aliphatic heterocycles. The van der Waals surface area contributed by atoms with Gasteiger partial charge in [-0.15, -0.1) is 0 Å². The molecule has 1 aliphatic rings. The van der Waals surface area contributed by atoms with Gasteiger partial charge in [0.15, 0.2) is 0 Å². The van der Waals surface area contributed by atoms with E-state index in [-0.39, 0.29) is 5.97 Å². The van der Waals surface area contributed by atoms with Crippen LogP contribution in [0.5, 0.6) is 0 Å². The van der Waals surface area contributed by atoms with Crippen LogP contribution in [0.15, 0.2) is 18.2 Å². The van der Waals surface area contributed by atoms with E-state index in [4.69, 9.17) is 10.5 Å². The highest BCUT2D eigenvalue weighted by atomic mass is 16.5. The minimum atomic E-state index is -0.329. The second-order valence-corrected chi connectivity index (χ2v) is 3.58. The zero-order valence-corrected chi connectivity index (χ0v) is 8.12. The predicted molar refractivity (Wildman–Crippen MR) is 54.2 cm³/mol. The van der Waals surface area contributed by atoms with E-state index < -0.39 is 0 Å². The lowest BCUT2D eigenvalue weighted by Gasteiger charge is -2.08. The van der Waals surface area contributed by atoms with Crippen molar-refractivity contribution in [1.29, 1.82) is 0 Å². The number of carbonyl (C=O) groups is 1. The molecule has 2 rings (SSSR count). The summed E-state index contributed by atoms with van der Waals surface area (Å²) in [5.74, 6) is 0.178. The maximum Gasteiger partial charge on any atom is 0.340 e. The number of esters is 1. The van der Waals surface area contributed by atoms with E-state index in [2.05, 4.69) is 0 Å². The number of methoxy groups -OCH3 is 1. The van der Waals surface area contributed by atoms with Crippen molar-refractivity contribution in [3.8, 4) is 0 Å². The molecule has 0 spiro atoms. The Bertz CT molecular complexity index is 370. The van der Waals surface area contributed by atoms with Crippen LogP contribution in [-0.4, -0.2) is 13.1 Å². The van der Waals surface area contributed by atoms with E-state index >= 15 is 0 Å². The molecule has 3 heteroatoms. The van der Waals surface area contributed by atoms with Crippen molar-refractivity contribution < 1.29 is 9.53 Å². The third-order valence-electron chi connectivity index (χ3n) is 2.54. The summed E-state index contributed by atoms with van der Waals surface area (Å²) >= 11 is 0. The number of anilines is 1. The first-order valence-corrected chi connectivity index (χ1v) is 4.70. The third kappa shape index (κ3) is 1.45. The quantitative estimate of drug-likeness (QED) is 0.574. The van der Waals surface area contributed by atoms with Crippen molar-refractivity contribution in [2.24, 2.45) is 0 Å². The second kappa shape index (κ2) is 3.33. The van der Waals surface area contributed by atoms with E-state index in [1.807, 2.05) is 12.1 Å². The zero-order chi connectivity index (χ0) is 10.1. The lowest BCUT2D eigenvalue weighted by atomic mass is 10.0. The molecule has 1 saturated carbocycles. The molecule has 0 unspecified atom stereocenters. The van der Waals surface area contributed by atoms with E-state index in [0.29, 0.717) is 17.2 Å². The van der Waals surface area contributed by atoms with Crippen LogP contribution < -0.4 is 5.73 Å². The fraction of sp³-hybridized carbons (Fsp3) is 0.364. The van der Waals surface area contributed by atoms with Gasteiger partial charge in [-0.05, 0) is 30.4 Å². The normalized spacial score (nSPS) is 15.2. The summed E-state index contributed by atoms with van der Waals surface area (Å²) in [6, 6.07) is 5.58. The van der Waals surface area contributed by atoms with Gasteiger partial charge in [0.05, 0.1) is 12.7 Å². The molecule has 3 nitrogen and oxygen atoms in total. The molecule has 2 N–H and O–H groups in total. The average Bonchev–Trinajstić information content (AvgIpc) is 2.99. The Labute approximate surface area is 82.9 Å². The first kappa shape index (κ1) is 9.06. The van der Waals surface area contributed by atoms with Crippen LogP contribution in [0.3, 0.4) is 0 Å². The van der Waals surface area contributed by atoms with Crippen molar-refractivity contribution in [3.63, 3.8) is 0 Å². The Morgan fingerprint density at radius 3 is 2.79 bits per heavy atom. The fourth-order valence-electron chi connectivity index (χ4n) is 1.66. The van der Waals surface area contributed by atoms with Crippen molar-refractivity contribution in [2.75, 3.05) is 12.8 Å². The second-order valence-electron chi connectivity index (χ2n) is 3.58. The van der Waals surface area contributed by atoms with Gasteiger partial charge in [0.1, 0.15) is 0 Å². The van der Waals surface area contributed by atoms with Crippen LogP contribution in [0, 0.1) is 0 Å². The molecular formula is C11H13NO2. The summed E-state index contributed by atoms with van der Waals surface area (Å²) in [5, 5.41) is 0. The van der Waals surface area contributed by atoms with E-state index in [1.54, 1.807) is 6.07 Å². The maximum absolute atomic E-state index is 11.5. The molecule has 1 fully saturated rings. The van der Waals surface area contributed by atoms with Crippen LogP contribution in [0.1, 0.15) is 34.7 Å². The number of hydrogen-bond acceptors (Lipinski definition) is 3. The van der Waals surface area contributed by atoms with Gasteiger partial charge in [0.25, 0.3) is 0 Å². The number of nitrogens with two attached hydrogens (primary N) is 1. The van der Waals surface area contributed by atoms with Gasteiger partial charge in [0.2, 0.25) is 0 Å². The van der Waals surface area contributed by atoms with E-state index in [1.165, 1.54) is 7.11 Å². The molecule has 0 atom stereocenters. The van der Waals surface area contributed by atoms with Gasteiger partial charge in [-0.1, -0.05) is 12.1 Å². The molecule has 14 heavy (non-hydrogen) atoms. The van der Waals surface area contributed by atoms with E-state index in [9.17, 15) is 4.79 Å². The summed E-state index contributed by atoms with van der Waals surface area (Å²) < 4.78 is 4.72. The summed E-state index contributed by atoms with van der Waals surface area (Å²) in [4.78, 5) is 11.5. The van der Waals surface area contributed by atoms with Crippen molar-refractivity contribution in [1.82, 2.24) is 0 Å². The highest BCUT2D eigenvalue weighted by Gasteiger charge is 2.29. The smallest absolute Gasteiger partial charge is 0.340 e. The monoisotopic (exact) mass is 191 g/mol. The van der Waals surface area contributed by atoms with Crippen molar-refractivity contribution in [3.05, 3.63) is 29.3 Å². The molecule has 0 bridgehead atoms. The minimum absolute atomic E-state index is 0.329. The number of carbonyl (C=O) groups excluding carboxylic acids is 1. The van der Waals surface area contributed by atoms with Crippen LogP contribution in [0.2, 0.25) is 0 Å². The van der Waals surface area contributed by atoms with Crippen molar-refractivity contribution >= 4 is 11.7 Å². The van der Waals surface area contributed by atoms with Gasteiger partial charge in [-0.3, -0.25) is 0 Å². The zero-order valence-electron chi connectivity index (χ0n) is 8.12. The molecule has 0 saturated heterocycles. The Balaban J connectivity index is 2.47. The van der Waals surface area contributed by atoms with Crippen LogP contribution in [-0.2, 0) is 4.74 Å². The van der Waals surface area contributed by atoms with Crippen LogP contribution in [0.25, 0.3) is 0 Å². The summed E-state index contributed by atoms with van der Waals surface area (Å²) in [5.41, 5.74) is 7.87. The molecule has 1 aliphatic carbocycles. The van der Waals surface area contributed by atoms with Gasteiger partial charge in [-0.25, -0.2) is 4.79 Å². The molecule has 74 valence electrons. The standard InChI is InChI=1S/C11H13NO2/c1-14-11(13)10-8(7-5-6-7)3-2-4-9(10)12/h2-4,7H,5-6,12H2,1H3. The third-order valence-corrected chi connectivity index (χ3v) is 2.54. The average molecular weight is 191 g/mol. The molecule has 0 radical (unpaired) electrons. The molecule has 1 aromatic rings. The topological polar surface area (TPSA) is 52.3 Å². The Morgan fingerprint density at radius 2 is 2.21 bits per heavy atom. The fourth-order valence-corrected chi connectivity index (χ4v) is 1.66. The van der Waals surface area contributed by atoms with Gasteiger partial charge in [0, 0.05) is 5.69 Å². The SMILES string of the molecule is COC(=O)c1c(N)cccc1C1CC1. The first-order valence-electron chi connectivity index (χ1n) is 4.70. The van der Waals surface area contributed by atoms with Crippen molar-refractivity contribution in [2.45, 2.75) is 18.8 Å². The molecule has 0 amide bonds. The molecular weight excluding hydrogens is 178 g/mol. The highest BCUT2D eigenvalue weighted by Crippen LogP contribution is 2.42. The summed E-state index contributed by atoms with van der Waals surface area (Å²) in [6.45, 7) is 0. The number of hydrogen-bond donors (Lipinski definition) is 1. The van der Waals surface area contributed by atoms with Gasteiger partial charge in [-0.2, -0.15) is 0 Å². The number of rotatable bonds is 2.